The number of fused-ring (bicyclic) bond motifs is 1. The molecule has 1 N–H and O–H groups in total. The van der Waals surface area contributed by atoms with E-state index in [1.54, 1.807) is 13.0 Å². The first-order valence-corrected chi connectivity index (χ1v) is 7.80. The SMILES string of the molecule is CC(=O)c1cc(CN(C)Cc2nc3ccc(F)cc3[nH]2)cs1. The van der Waals surface area contributed by atoms with Crippen LogP contribution < -0.4 is 0 Å². The lowest BCUT2D eigenvalue weighted by Gasteiger charge is -2.13. The Morgan fingerprint density at radius 3 is 2.91 bits per heavy atom. The van der Waals surface area contributed by atoms with E-state index >= 15 is 0 Å². The number of aromatic nitrogens is 2. The maximum absolute atomic E-state index is 13.2. The number of H-pyrrole nitrogens is 1. The van der Waals surface area contributed by atoms with E-state index in [1.165, 1.54) is 23.5 Å². The van der Waals surface area contributed by atoms with Crippen LogP contribution in [0, 0.1) is 5.82 Å². The van der Waals surface area contributed by atoms with Crippen LogP contribution in [0.15, 0.2) is 29.6 Å². The Balaban J connectivity index is 1.69. The van der Waals surface area contributed by atoms with E-state index in [2.05, 4.69) is 14.9 Å². The Labute approximate surface area is 131 Å². The number of aromatic amines is 1. The summed E-state index contributed by atoms with van der Waals surface area (Å²) in [7, 11) is 1.98. The van der Waals surface area contributed by atoms with Crippen molar-refractivity contribution in [2.75, 3.05) is 7.05 Å². The number of hydrogen-bond donors (Lipinski definition) is 1. The Bertz CT molecular complexity index is 824. The predicted molar refractivity (Wildman–Crippen MR) is 85.5 cm³/mol. The number of carbonyl (C=O) groups is 1. The highest BCUT2D eigenvalue weighted by molar-refractivity contribution is 7.12. The maximum atomic E-state index is 13.2. The number of carbonyl (C=O) groups excluding carboxylic acids is 1. The molecule has 0 radical (unpaired) electrons. The highest BCUT2D eigenvalue weighted by atomic mass is 32.1. The normalized spacial score (nSPS) is 11.5. The van der Waals surface area contributed by atoms with Gasteiger partial charge >= 0.3 is 0 Å². The van der Waals surface area contributed by atoms with Gasteiger partial charge in [0.2, 0.25) is 0 Å². The number of hydrogen-bond acceptors (Lipinski definition) is 4. The van der Waals surface area contributed by atoms with Gasteiger partial charge in [-0.1, -0.05) is 0 Å². The van der Waals surface area contributed by atoms with Gasteiger partial charge in [0, 0.05) is 6.54 Å². The van der Waals surface area contributed by atoms with E-state index in [1.807, 2.05) is 18.5 Å². The van der Waals surface area contributed by atoms with Crippen LogP contribution in [-0.4, -0.2) is 27.7 Å². The third-order valence-electron chi connectivity index (χ3n) is 3.37. The predicted octanol–water partition coefficient (Wildman–Crippen LogP) is 3.60. The molecule has 0 aliphatic rings. The van der Waals surface area contributed by atoms with Gasteiger partial charge in [0.05, 0.1) is 22.5 Å². The molecular formula is C16H16FN3OS. The summed E-state index contributed by atoms with van der Waals surface area (Å²) in [6.07, 6.45) is 0. The van der Waals surface area contributed by atoms with E-state index in [-0.39, 0.29) is 11.6 Å². The van der Waals surface area contributed by atoms with Crippen LogP contribution in [0.3, 0.4) is 0 Å². The van der Waals surface area contributed by atoms with Crippen molar-refractivity contribution in [3.8, 4) is 0 Å². The molecule has 22 heavy (non-hydrogen) atoms. The molecule has 1 aromatic carbocycles. The molecule has 0 saturated carbocycles. The number of rotatable bonds is 5. The fourth-order valence-corrected chi connectivity index (χ4v) is 3.18. The Kier molecular flexibility index (Phi) is 4.04. The van der Waals surface area contributed by atoms with Crippen molar-refractivity contribution in [3.05, 3.63) is 51.7 Å². The fourth-order valence-electron chi connectivity index (χ4n) is 2.38. The largest absolute Gasteiger partial charge is 0.341 e. The molecule has 0 amide bonds. The molecule has 4 nitrogen and oxygen atoms in total. The molecule has 0 unspecified atom stereocenters. The number of ketones is 1. The maximum Gasteiger partial charge on any atom is 0.169 e. The zero-order valence-electron chi connectivity index (χ0n) is 12.4. The van der Waals surface area contributed by atoms with E-state index in [9.17, 15) is 9.18 Å². The molecule has 2 aromatic heterocycles. The standard InChI is InChI=1S/C16H16FN3OS/c1-10(21)15-5-11(9-22-15)7-20(2)8-16-18-13-4-3-12(17)6-14(13)19-16/h3-6,9H,7-8H2,1-2H3,(H,18,19). The van der Waals surface area contributed by atoms with Gasteiger partial charge in [0.15, 0.2) is 5.78 Å². The molecule has 0 fully saturated rings. The van der Waals surface area contributed by atoms with Crippen LogP contribution in [0.1, 0.15) is 28.0 Å². The van der Waals surface area contributed by atoms with Crippen LogP contribution in [0.5, 0.6) is 0 Å². The summed E-state index contributed by atoms with van der Waals surface area (Å²) in [4.78, 5) is 21.8. The second kappa shape index (κ2) is 5.98. The van der Waals surface area contributed by atoms with Crippen molar-refractivity contribution >= 4 is 28.2 Å². The monoisotopic (exact) mass is 317 g/mol. The Morgan fingerprint density at radius 1 is 1.36 bits per heavy atom. The minimum Gasteiger partial charge on any atom is -0.341 e. The minimum absolute atomic E-state index is 0.0956. The molecule has 3 aromatic rings. The molecular weight excluding hydrogens is 301 g/mol. The van der Waals surface area contributed by atoms with E-state index in [0.717, 1.165) is 28.3 Å². The second-order valence-electron chi connectivity index (χ2n) is 5.39. The molecule has 2 heterocycles. The smallest absolute Gasteiger partial charge is 0.169 e. The van der Waals surface area contributed by atoms with Crippen molar-refractivity contribution < 1.29 is 9.18 Å². The quantitative estimate of drug-likeness (QED) is 0.732. The van der Waals surface area contributed by atoms with Gasteiger partial charge < -0.3 is 4.98 Å². The summed E-state index contributed by atoms with van der Waals surface area (Å²) < 4.78 is 13.2. The number of nitrogens with zero attached hydrogens (tertiary/aromatic N) is 2. The number of halogens is 1. The number of Topliss-reactive ketones (excluding diaryl/α,β-unsaturated/α-hetero) is 1. The van der Waals surface area contributed by atoms with E-state index in [0.29, 0.717) is 12.1 Å². The number of thiophene rings is 1. The van der Waals surface area contributed by atoms with Crippen LogP contribution in [0.2, 0.25) is 0 Å². The van der Waals surface area contributed by atoms with Gasteiger partial charge in [0.1, 0.15) is 11.6 Å². The zero-order chi connectivity index (χ0) is 15.7. The fraction of sp³-hybridized carbons (Fsp3) is 0.250. The zero-order valence-corrected chi connectivity index (χ0v) is 13.2. The van der Waals surface area contributed by atoms with Crippen molar-refractivity contribution in [3.63, 3.8) is 0 Å². The van der Waals surface area contributed by atoms with E-state index < -0.39 is 0 Å². The Hall–Kier alpha value is -2.05. The molecule has 0 spiro atoms. The molecule has 0 aliphatic heterocycles. The van der Waals surface area contributed by atoms with Gasteiger partial charge in [-0.15, -0.1) is 11.3 Å². The third-order valence-corrected chi connectivity index (χ3v) is 4.45. The topological polar surface area (TPSA) is 49.0 Å². The van der Waals surface area contributed by atoms with Gasteiger partial charge in [-0.05, 0) is 49.2 Å². The molecule has 0 bridgehead atoms. The lowest BCUT2D eigenvalue weighted by atomic mass is 10.2. The van der Waals surface area contributed by atoms with E-state index in [4.69, 9.17) is 0 Å². The third kappa shape index (κ3) is 3.23. The Morgan fingerprint density at radius 2 is 2.18 bits per heavy atom. The lowest BCUT2D eigenvalue weighted by Crippen LogP contribution is -2.17. The number of nitrogens with one attached hydrogen (secondary N) is 1. The van der Waals surface area contributed by atoms with Crippen molar-refractivity contribution in [1.82, 2.24) is 14.9 Å². The molecule has 6 heteroatoms. The summed E-state index contributed by atoms with van der Waals surface area (Å²) in [5.41, 5.74) is 2.58. The summed E-state index contributed by atoms with van der Waals surface area (Å²) in [5, 5.41) is 2.00. The average Bonchev–Trinajstić information content (AvgIpc) is 3.04. The highest BCUT2D eigenvalue weighted by Crippen LogP contribution is 2.18. The van der Waals surface area contributed by atoms with Crippen molar-refractivity contribution in [2.24, 2.45) is 0 Å². The number of benzene rings is 1. The van der Waals surface area contributed by atoms with Crippen molar-refractivity contribution in [2.45, 2.75) is 20.0 Å². The second-order valence-corrected chi connectivity index (χ2v) is 6.30. The molecule has 0 aliphatic carbocycles. The molecule has 0 atom stereocenters. The average molecular weight is 317 g/mol. The van der Waals surface area contributed by atoms with Crippen LogP contribution >= 0.6 is 11.3 Å². The van der Waals surface area contributed by atoms with Crippen LogP contribution in [0.4, 0.5) is 4.39 Å². The molecule has 114 valence electrons. The van der Waals surface area contributed by atoms with Crippen LogP contribution in [0.25, 0.3) is 11.0 Å². The molecule has 3 rings (SSSR count). The minimum atomic E-state index is -0.272. The summed E-state index contributed by atoms with van der Waals surface area (Å²) in [6, 6.07) is 6.45. The van der Waals surface area contributed by atoms with Crippen molar-refractivity contribution in [1.29, 1.82) is 0 Å². The van der Waals surface area contributed by atoms with Gasteiger partial charge in [-0.25, -0.2) is 9.37 Å². The van der Waals surface area contributed by atoms with Crippen LogP contribution in [-0.2, 0) is 13.1 Å². The summed E-state index contributed by atoms with van der Waals surface area (Å²) in [5.74, 6) is 0.620. The first kappa shape index (κ1) is 14.9. The number of imidazole rings is 1. The highest BCUT2D eigenvalue weighted by Gasteiger charge is 2.09. The van der Waals surface area contributed by atoms with Gasteiger partial charge in [-0.3, -0.25) is 9.69 Å². The summed E-state index contributed by atoms with van der Waals surface area (Å²) >= 11 is 1.47. The van der Waals surface area contributed by atoms with Gasteiger partial charge in [0.25, 0.3) is 0 Å². The van der Waals surface area contributed by atoms with Gasteiger partial charge in [-0.2, -0.15) is 0 Å². The lowest BCUT2D eigenvalue weighted by molar-refractivity contribution is 0.102. The first-order valence-electron chi connectivity index (χ1n) is 6.92. The molecule has 0 saturated heterocycles. The summed E-state index contributed by atoms with van der Waals surface area (Å²) in [6.45, 7) is 2.93. The first-order chi connectivity index (χ1) is 10.5.